The van der Waals surface area contributed by atoms with Crippen LogP contribution in [0.3, 0.4) is 0 Å². The van der Waals surface area contributed by atoms with Crippen LogP contribution in [0.1, 0.15) is 49.8 Å². The SMILES string of the molecule is CCC1CC(COCc2c(-c3c(Cl)cccc3Cl)noc2C2CC2)N1. The number of benzene rings is 1. The minimum Gasteiger partial charge on any atom is -0.375 e. The van der Waals surface area contributed by atoms with E-state index in [2.05, 4.69) is 17.4 Å². The first-order valence-electron chi connectivity index (χ1n) is 8.94. The van der Waals surface area contributed by atoms with Crippen molar-refractivity contribution in [2.75, 3.05) is 6.61 Å². The lowest BCUT2D eigenvalue weighted by Gasteiger charge is -2.36. The van der Waals surface area contributed by atoms with Crippen LogP contribution >= 0.6 is 23.2 Å². The summed E-state index contributed by atoms with van der Waals surface area (Å²) in [5.41, 5.74) is 2.43. The van der Waals surface area contributed by atoms with Gasteiger partial charge in [-0.25, -0.2) is 0 Å². The van der Waals surface area contributed by atoms with Crippen LogP contribution in [0, 0.1) is 0 Å². The molecule has 2 aromatic rings. The highest BCUT2D eigenvalue weighted by Crippen LogP contribution is 2.46. The van der Waals surface area contributed by atoms with Gasteiger partial charge in [-0.05, 0) is 37.8 Å². The summed E-state index contributed by atoms with van der Waals surface area (Å²) in [5, 5.41) is 8.96. The molecule has 1 aromatic heterocycles. The maximum Gasteiger partial charge on any atom is 0.145 e. The number of aromatic nitrogens is 1. The highest BCUT2D eigenvalue weighted by atomic mass is 35.5. The minimum absolute atomic E-state index is 0.446. The summed E-state index contributed by atoms with van der Waals surface area (Å²) in [5.74, 6) is 1.38. The Kier molecular flexibility index (Phi) is 5.05. The Morgan fingerprint density at radius 2 is 1.96 bits per heavy atom. The first-order valence-corrected chi connectivity index (χ1v) is 9.69. The van der Waals surface area contributed by atoms with Crippen molar-refractivity contribution in [2.45, 2.75) is 57.2 Å². The van der Waals surface area contributed by atoms with Gasteiger partial charge < -0.3 is 14.6 Å². The van der Waals surface area contributed by atoms with Crippen LogP contribution in [0.2, 0.25) is 10.0 Å². The third-order valence-electron chi connectivity index (χ3n) is 5.06. The average Bonchev–Trinajstić information content (AvgIpc) is 3.31. The fourth-order valence-electron chi connectivity index (χ4n) is 3.40. The van der Waals surface area contributed by atoms with Gasteiger partial charge in [0.25, 0.3) is 0 Å². The monoisotopic (exact) mass is 380 g/mol. The van der Waals surface area contributed by atoms with Crippen LogP contribution in [0.4, 0.5) is 0 Å². The van der Waals surface area contributed by atoms with E-state index in [-0.39, 0.29) is 0 Å². The highest BCUT2D eigenvalue weighted by Gasteiger charge is 2.34. The van der Waals surface area contributed by atoms with Gasteiger partial charge in [-0.2, -0.15) is 0 Å². The predicted octanol–water partition coefficient (Wildman–Crippen LogP) is 5.18. The molecule has 0 bridgehead atoms. The zero-order chi connectivity index (χ0) is 17.4. The van der Waals surface area contributed by atoms with E-state index in [0.717, 1.165) is 29.7 Å². The Bertz CT molecular complexity index is 732. The summed E-state index contributed by atoms with van der Waals surface area (Å²) in [6.07, 6.45) is 4.63. The van der Waals surface area contributed by atoms with Gasteiger partial charge in [-0.15, -0.1) is 0 Å². The molecule has 2 fully saturated rings. The molecule has 4 rings (SSSR count). The number of nitrogens with one attached hydrogen (secondary N) is 1. The number of hydrogen-bond acceptors (Lipinski definition) is 4. The molecule has 2 aliphatic rings. The molecule has 2 heterocycles. The Labute approximate surface area is 157 Å². The summed E-state index contributed by atoms with van der Waals surface area (Å²) >= 11 is 12.7. The van der Waals surface area contributed by atoms with Crippen molar-refractivity contribution in [3.05, 3.63) is 39.6 Å². The molecule has 134 valence electrons. The number of nitrogens with zero attached hydrogens (tertiary/aromatic N) is 1. The van der Waals surface area contributed by atoms with Gasteiger partial charge in [0.15, 0.2) is 0 Å². The second-order valence-electron chi connectivity index (χ2n) is 6.96. The molecular formula is C19H22Cl2N2O2. The van der Waals surface area contributed by atoms with E-state index >= 15 is 0 Å². The van der Waals surface area contributed by atoms with Gasteiger partial charge in [-0.3, -0.25) is 0 Å². The minimum atomic E-state index is 0.446. The molecular weight excluding hydrogens is 359 g/mol. The Balaban J connectivity index is 1.52. The Morgan fingerprint density at radius 3 is 2.60 bits per heavy atom. The average molecular weight is 381 g/mol. The van der Waals surface area contributed by atoms with Crippen molar-refractivity contribution in [3.63, 3.8) is 0 Å². The van der Waals surface area contributed by atoms with Crippen LogP contribution in [-0.2, 0) is 11.3 Å². The smallest absolute Gasteiger partial charge is 0.145 e. The van der Waals surface area contributed by atoms with Crippen molar-refractivity contribution in [1.82, 2.24) is 10.5 Å². The molecule has 1 aliphatic heterocycles. The third kappa shape index (κ3) is 3.59. The van der Waals surface area contributed by atoms with Gasteiger partial charge in [0.05, 0.1) is 23.3 Å². The highest BCUT2D eigenvalue weighted by molar-refractivity contribution is 6.39. The summed E-state index contributed by atoms with van der Waals surface area (Å²) in [4.78, 5) is 0. The van der Waals surface area contributed by atoms with Crippen molar-refractivity contribution < 1.29 is 9.26 Å². The van der Waals surface area contributed by atoms with Gasteiger partial charge in [-0.1, -0.05) is 41.3 Å². The predicted molar refractivity (Wildman–Crippen MR) is 99.2 cm³/mol. The van der Waals surface area contributed by atoms with Crippen LogP contribution in [0.15, 0.2) is 22.7 Å². The molecule has 1 saturated heterocycles. The molecule has 4 nitrogen and oxygen atoms in total. The van der Waals surface area contributed by atoms with Gasteiger partial charge >= 0.3 is 0 Å². The van der Waals surface area contributed by atoms with E-state index in [4.69, 9.17) is 32.5 Å². The fraction of sp³-hybridized carbons (Fsp3) is 0.526. The molecule has 0 spiro atoms. The van der Waals surface area contributed by atoms with E-state index in [1.54, 1.807) is 0 Å². The van der Waals surface area contributed by atoms with Gasteiger partial charge in [0.1, 0.15) is 11.5 Å². The van der Waals surface area contributed by atoms with E-state index in [9.17, 15) is 0 Å². The maximum absolute atomic E-state index is 6.37. The van der Waals surface area contributed by atoms with Gasteiger partial charge in [0.2, 0.25) is 0 Å². The zero-order valence-corrected chi connectivity index (χ0v) is 15.7. The summed E-state index contributed by atoms with van der Waals surface area (Å²) in [6.45, 7) is 3.37. The number of hydrogen-bond donors (Lipinski definition) is 1. The third-order valence-corrected chi connectivity index (χ3v) is 5.69. The molecule has 0 radical (unpaired) electrons. The lowest BCUT2D eigenvalue weighted by Crippen LogP contribution is -2.54. The molecule has 2 unspecified atom stereocenters. The summed E-state index contributed by atoms with van der Waals surface area (Å²) in [7, 11) is 0. The van der Waals surface area contributed by atoms with E-state index < -0.39 is 0 Å². The van der Waals surface area contributed by atoms with Crippen molar-refractivity contribution >= 4 is 23.2 Å². The van der Waals surface area contributed by atoms with Crippen LogP contribution in [-0.4, -0.2) is 23.8 Å². The normalized spacial score (nSPS) is 22.8. The standard InChI is InChI=1S/C19H22Cl2N2O2/c1-2-12-8-13(22-12)9-24-10-14-18(23-25-19(14)11-6-7-11)17-15(20)4-3-5-16(17)21/h3-5,11-13,22H,2,6-10H2,1H3. The van der Waals surface area contributed by atoms with Crippen LogP contribution in [0.25, 0.3) is 11.3 Å². The van der Waals surface area contributed by atoms with Crippen LogP contribution < -0.4 is 5.32 Å². The van der Waals surface area contributed by atoms with Crippen molar-refractivity contribution in [3.8, 4) is 11.3 Å². The number of rotatable bonds is 7. The molecule has 1 N–H and O–H groups in total. The largest absolute Gasteiger partial charge is 0.375 e. The molecule has 25 heavy (non-hydrogen) atoms. The summed E-state index contributed by atoms with van der Waals surface area (Å²) < 4.78 is 11.6. The second kappa shape index (κ2) is 7.28. The lowest BCUT2D eigenvalue weighted by molar-refractivity contribution is 0.0639. The molecule has 2 atom stereocenters. The maximum atomic E-state index is 6.37. The van der Waals surface area contributed by atoms with Gasteiger partial charge in [0, 0.05) is 29.1 Å². The first kappa shape index (κ1) is 17.3. The molecule has 1 saturated carbocycles. The first-order chi connectivity index (χ1) is 12.2. The lowest BCUT2D eigenvalue weighted by atomic mass is 9.96. The molecule has 1 aromatic carbocycles. The van der Waals surface area contributed by atoms with Crippen molar-refractivity contribution in [1.29, 1.82) is 0 Å². The topological polar surface area (TPSA) is 47.3 Å². The molecule has 1 aliphatic carbocycles. The Morgan fingerprint density at radius 1 is 1.24 bits per heavy atom. The number of ether oxygens (including phenoxy) is 1. The molecule has 0 amide bonds. The zero-order valence-electron chi connectivity index (χ0n) is 14.2. The Hall–Kier alpha value is -1.07. The number of halogens is 2. The van der Waals surface area contributed by atoms with Crippen molar-refractivity contribution in [2.24, 2.45) is 0 Å². The molecule has 6 heteroatoms. The van der Waals surface area contributed by atoms with E-state index in [1.165, 1.54) is 12.8 Å². The second-order valence-corrected chi connectivity index (χ2v) is 7.78. The quantitative estimate of drug-likeness (QED) is 0.718. The fourth-order valence-corrected chi connectivity index (χ4v) is 3.98. The van der Waals surface area contributed by atoms with E-state index in [1.807, 2.05) is 18.2 Å². The van der Waals surface area contributed by atoms with Crippen LogP contribution in [0.5, 0.6) is 0 Å². The van der Waals surface area contributed by atoms with E-state index in [0.29, 0.717) is 47.0 Å². The summed E-state index contributed by atoms with van der Waals surface area (Å²) in [6, 6.07) is 6.56.